The van der Waals surface area contributed by atoms with Crippen LogP contribution in [-0.2, 0) is 24.3 Å². The molecule has 0 radical (unpaired) electrons. The summed E-state index contributed by atoms with van der Waals surface area (Å²) in [6.45, 7) is 5.43. The molecule has 0 fully saturated rings. The van der Waals surface area contributed by atoms with Gasteiger partial charge in [0.1, 0.15) is 0 Å². The lowest BCUT2D eigenvalue weighted by molar-refractivity contribution is -0.134. The molecule has 3 aromatic rings. The average Bonchev–Trinajstić information content (AvgIpc) is 3.14. The van der Waals surface area contributed by atoms with Crippen molar-refractivity contribution in [2.24, 2.45) is 4.99 Å². The monoisotopic (exact) mass is 381 g/mol. The number of amides is 1. The molecule has 2 aromatic carbocycles. The Morgan fingerprint density at radius 3 is 2.62 bits per heavy atom. The molecule has 0 saturated carbocycles. The first-order valence-corrected chi connectivity index (χ1v) is 10.1. The highest BCUT2D eigenvalue weighted by Gasteiger charge is 2.30. The van der Waals surface area contributed by atoms with Gasteiger partial charge in [0.15, 0.2) is 0 Å². The Morgan fingerprint density at radius 1 is 1.00 bits per heavy atom. The van der Waals surface area contributed by atoms with Crippen LogP contribution in [-0.4, -0.2) is 21.5 Å². The normalized spacial score (nSPS) is 16.3. The third kappa shape index (κ3) is 3.15. The number of nitrogens with zero attached hydrogens (tertiary/aromatic N) is 3. The van der Waals surface area contributed by atoms with E-state index in [1.165, 1.54) is 22.3 Å². The summed E-state index contributed by atoms with van der Waals surface area (Å²) in [5, 5.41) is 0. The first kappa shape index (κ1) is 17.8. The van der Waals surface area contributed by atoms with Gasteiger partial charge in [-0.1, -0.05) is 36.4 Å². The number of fused-ring (bicyclic) bond motifs is 2. The second-order valence-electron chi connectivity index (χ2n) is 7.91. The number of pyridine rings is 1. The molecule has 29 heavy (non-hydrogen) atoms. The molecular weight excluding hydrogens is 358 g/mol. The number of aryl methyl sites for hydroxylation is 1. The molecule has 1 atom stereocenters. The van der Waals surface area contributed by atoms with E-state index in [0.717, 1.165) is 22.5 Å². The van der Waals surface area contributed by atoms with Crippen molar-refractivity contribution in [2.45, 2.75) is 39.4 Å². The molecule has 0 spiro atoms. The second-order valence-corrected chi connectivity index (χ2v) is 7.91. The minimum Gasteiger partial charge on any atom is -0.331 e. The van der Waals surface area contributed by atoms with Gasteiger partial charge in [-0.3, -0.25) is 14.8 Å². The van der Waals surface area contributed by atoms with Crippen LogP contribution in [0.4, 0.5) is 0 Å². The quantitative estimate of drug-likeness (QED) is 0.676. The molecule has 4 heteroatoms. The van der Waals surface area contributed by atoms with Crippen molar-refractivity contribution in [3.8, 4) is 0 Å². The third-order valence-corrected chi connectivity index (χ3v) is 6.01. The van der Waals surface area contributed by atoms with Crippen LogP contribution in [0.1, 0.15) is 52.0 Å². The molecule has 0 saturated heterocycles. The van der Waals surface area contributed by atoms with Crippen molar-refractivity contribution >= 4 is 11.6 Å². The van der Waals surface area contributed by atoms with Gasteiger partial charge in [0.25, 0.3) is 0 Å². The fourth-order valence-corrected chi connectivity index (χ4v) is 4.39. The number of aliphatic imine (C=N–C) groups is 1. The molecule has 2 aliphatic heterocycles. The van der Waals surface area contributed by atoms with Gasteiger partial charge < -0.3 is 4.90 Å². The van der Waals surface area contributed by atoms with E-state index in [1.54, 1.807) is 0 Å². The van der Waals surface area contributed by atoms with E-state index in [9.17, 15) is 4.79 Å². The van der Waals surface area contributed by atoms with Gasteiger partial charge in [0, 0.05) is 29.6 Å². The van der Waals surface area contributed by atoms with Crippen molar-refractivity contribution < 1.29 is 4.79 Å². The Balaban J connectivity index is 1.49. The maximum atomic E-state index is 12.9. The molecule has 0 aliphatic carbocycles. The summed E-state index contributed by atoms with van der Waals surface area (Å²) in [5.74, 6) is 0.192. The summed E-state index contributed by atoms with van der Waals surface area (Å²) < 4.78 is 0. The van der Waals surface area contributed by atoms with Gasteiger partial charge in [-0.15, -0.1) is 0 Å². The molecule has 3 heterocycles. The van der Waals surface area contributed by atoms with Gasteiger partial charge >= 0.3 is 0 Å². The van der Waals surface area contributed by atoms with E-state index in [0.29, 0.717) is 19.5 Å². The molecule has 5 rings (SSSR count). The molecule has 144 valence electrons. The van der Waals surface area contributed by atoms with E-state index in [1.807, 2.05) is 42.3 Å². The predicted octanol–water partition coefficient (Wildman–Crippen LogP) is 4.39. The third-order valence-electron chi connectivity index (χ3n) is 6.01. The highest BCUT2D eigenvalue weighted by molar-refractivity contribution is 6.15. The first-order chi connectivity index (χ1) is 14.1. The van der Waals surface area contributed by atoms with Gasteiger partial charge in [-0.25, -0.2) is 0 Å². The van der Waals surface area contributed by atoms with Gasteiger partial charge in [0.05, 0.1) is 24.7 Å². The SMILES string of the molecule is Cc1cc(C2=NCc3cc4c(cc32)CN([C@H](C)c2ccccc2)C(=O)C4)ccn1. The van der Waals surface area contributed by atoms with Crippen LogP contribution in [0, 0.1) is 6.92 Å². The zero-order valence-corrected chi connectivity index (χ0v) is 16.7. The molecule has 4 nitrogen and oxygen atoms in total. The van der Waals surface area contributed by atoms with Crippen LogP contribution in [0.2, 0.25) is 0 Å². The maximum Gasteiger partial charge on any atom is 0.227 e. The maximum absolute atomic E-state index is 12.9. The average molecular weight is 381 g/mol. The first-order valence-electron chi connectivity index (χ1n) is 10.1. The molecule has 1 amide bonds. The summed E-state index contributed by atoms with van der Waals surface area (Å²) in [4.78, 5) is 24.0. The lowest BCUT2D eigenvalue weighted by atomic mass is 9.90. The van der Waals surface area contributed by atoms with Gasteiger partial charge in [-0.2, -0.15) is 0 Å². The predicted molar refractivity (Wildman–Crippen MR) is 114 cm³/mol. The van der Waals surface area contributed by atoms with E-state index >= 15 is 0 Å². The Labute approximate surface area is 170 Å². The van der Waals surface area contributed by atoms with Crippen molar-refractivity contribution in [1.82, 2.24) is 9.88 Å². The Bertz CT molecular complexity index is 1130. The number of carbonyl (C=O) groups is 1. The Kier molecular flexibility index (Phi) is 4.27. The molecule has 2 aliphatic rings. The van der Waals surface area contributed by atoms with Crippen LogP contribution in [0.15, 0.2) is 65.8 Å². The highest BCUT2D eigenvalue weighted by atomic mass is 16.2. The number of hydrogen-bond donors (Lipinski definition) is 0. The summed E-state index contributed by atoms with van der Waals surface area (Å²) in [6, 6.07) is 18.9. The van der Waals surface area contributed by atoms with Gasteiger partial charge in [0.2, 0.25) is 5.91 Å². The number of carbonyl (C=O) groups excluding carboxylic acids is 1. The zero-order valence-electron chi connectivity index (χ0n) is 16.7. The lowest BCUT2D eigenvalue weighted by Crippen LogP contribution is -2.38. The second kappa shape index (κ2) is 6.96. The minimum absolute atomic E-state index is 0.0566. The van der Waals surface area contributed by atoms with E-state index in [4.69, 9.17) is 4.99 Å². The summed E-state index contributed by atoms with van der Waals surface area (Å²) in [5.41, 5.74) is 9.08. The standard InChI is InChI=1S/C25H23N3O/c1-16-10-19(8-9-26-16)25-23-12-22-15-28(17(2)18-6-4-3-5-7-18)24(29)13-20(22)11-21(23)14-27-25/h3-12,17H,13-15H2,1-2H3/t17-/m1/s1. The number of hydrogen-bond acceptors (Lipinski definition) is 3. The topological polar surface area (TPSA) is 45.6 Å². The van der Waals surface area contributed by atoms with Crippen molar-refractivity contribution in [1.29, 1.82) is 0 Å². The van der Waals surface area contributed by atoms with Crippen LogP contribution >= 0.6 is 0 Å². The van der Waals surface area contributed by atoms with Crippen LogP contribution in [0.3, 0.4) is 0 Å². The molecule has 0 unspecified atom stereocenters. The van der Waals surface area contributed by atoms with Crippen molar-refractivity contribution in [3.63, 3.8) is 0 Å². The smallest absolute Gasteiger partial charge is 0.227 e. The van der Waals surface area contributed by atoms with Crippen molar-refractivity contribution in [3.05, 3.63) is 99.9 Å². The molecule has 0 bridgehead atoms. The molecule has 0 N–H and O–H groups in total. The van der Waals surface area contributed by atoms with E-state index in [-0.39, 0.29) is 11.9 Å². The van der Waals surface area contributed by atoms with Crippen molar-refractivity contribution in [2.75, 3.05) is 0 Å². The molecule has 1 aromatic heterocycles. The van der Waals surface area contributed by atoms with Gasteiger partial charge in [-0.05, 0) is 54.3 Å². The minimum atomic E-state index is 0.0566. The van der Waals surface area contributed by atoms with E-state index in [2.05, 4.69) is 42.2 Å². The fraction of sp³-hybridized carbons (Fsp3) is 0.240. The Hall–Kier alpha value is -3.27. The van der Waals surface area contributed by atoms with Crippen LogP contribution in [0.25, 0.3) is 0 Å². The zero-order chi connectivity index (χ0) is 20.0. The Morgan fingerprint density at radius 2 is 1.83 bits per heavy atom. The summed E-state index contributed by atoms with van der Waals surface area (Å²) >= 11 is 0. The number of aromatic nitrogens is 1. The lowest BCUT2D eigenvalue weighted by Gasteiger charge is -2.34. The highest BCUT2D eigenvalue weighted by Crippen LogP contribution is 2.33. The molecular formula is C25H23N3O. The van der Waals surface area contributed by atoms with Crippen LogP contribution < -0.4 is 0 Å². The van der Waals surface area contributed by atoms with Crippen LogP contribution in [0.5, 0.6) is 0 Å². The number of rotatable bonds is 3. The largest absolute Gasteiger partial charge is 0.331 e. The van der Waals surface area contributed by atoms with E-state index < -0.39 is 0 Å². The number of benzene rings is 2. The summed E-state index contributed by atoms with van der Waals surface area (Å²) in [7, 11) is 0. The summed E-state index contributed by atoms with van der Waals surface area (Å²) in [6.07, 6.45) is 2.30. The fourth-order valence-electron chi connectivity index (χ4n) is 4.39.